The van der Waals surface area contributed by atoms with Gasteiger partial charge >= 0.3 is 5.97 Å². The molecule has 2 unspecified atom stereocenters. The van der Waals surface area contributed by atoms with Gasteiger partial charge in [0.25, 0.3) is 0 Å². The molecular weight excluding hydrogens is 410 g/mol. The number of nitrogens with zero attached hydrogens (tertiary/aromatic N) is 1. The van der Waals surface area contributed by atoms with Crippen molar-refractivity contribution in [3.05, 3.63) is 65.5 Å². The molecule has 2 aromatic carbocycles. The summed E-state index contributed by atoms with van der Waals surface area (Å²) in [6.07, 6.45) is 0.328. The highest BCUT2D eigenvalue weighted by Crippen LogP contribution is 2.26. The predicted molar refractivity (Wildman–Crippen MR) is 116 cm³/mol. The molecule has 7 nitrogen and oxygen atoms in total. The van der Waals surface area contributed by atoms with Crippen molar-refractivity contribution < 1.29 is 18.3 Å². The number of ether oxygens (including phenoxy) is 1. The van der Waals surface area contributed by atoms with Gasteiger partial charge in [-0.3, -0.25) is 0 Å². The number of nitrogens with one attached hydrogen (secondary N) is 2. The molecule has 0 amide bonds. The first kappa shape index (κ1) is 21.0. The van der Waals surface area contributed by atoms with Crippen LogP contribution < -0.4 is 10.6 Å². The van der Waals surface area contributed by atoms with E-state index >= 15 is 0 Å². The Balaban J connectivity index is 1.77. The first-order chi connectivity index (χ1) is 14.1. The number of methoxy groups -OCH3 is 1. The smallest absolute Gasteiger partial charge is 0.328 e. The number of aromatic nitrogens is 1. The third-order valence-electron chi connectivity index (χ3n) is 4.18. The standard InChI is InChI=1S/C20H21N3O4S2/c1-27-19(24)17(11-15-9-5-6-10-16(15)21-13-29(25)26)22-20-23-18(12-28-20)14-7-3-2-4-8-14/h2-10,12,17,21H,11,13H2,1H3,(H,22,23)(H,25,26). The van der Waals surface area contributed by atoms with Gasteiger partial charge in [-0.2, -0.15) is 0 Å². The van der Waals surface area contributed by atoms with E-state index in [9.17, 15) is 9.00 Å². The molecule has 0 aliphatic carbocycles. The molecule has 152 valence electrons. The lowest BCUT2D eigenvalue weighted by Crippen LogP contribution is -2.33. The summed E-state index contributed by atoms with van der Waals surface area (Å²) in [5, 5.41) is 8.62. The van der Waals surface area contributed by atoms with Gasteiger partial charge in [0.1, 0.15) is 11.9 Å². The van der Waals surface area contributed by atoms with Gasteiger partial charge in [0.05, 0.1) is 12.8 Å². The Kier molecular flexibility index (Phi) is 7.34. The Hall–Kier alpha value is -2.75. The predicted octanol–water partition coefficient (Wildman–Crippen LogP) is 3.60. The number of rotatable bonds is 9. The number of para-hydroxylation sites is 1. The van der Waals surface area contributed by atoms with Gasteiger partial charge in [0, 0.05) is 23.1 Å². The topological polar surface area (TPSA) is 101 Å². The fourth-order valence-corrected chi connectivity index (χ4v) is 3.85. The lowest BCUT2D eigenvalue weighted by Gasteiger charge is -2.18. The molecule has 1 aromatic heterocycles. The quantitative estimate of drug-likeness (QED) is 0.352. The van der Waals surface area contributed by atoms with Crippen LogP contribution in [0.15, 0.2) is 60.0 Å². The SMILES string of the molecule is COC(=O)C(Cc1ccccc1NCS(=O)O)Nc1nc(-c2ccccc2)cs1. The molecule has 3 N–H and O–H groups in total. The first-order valence-electron chi connectivity index (χ1n) is 8.81. The second-order valence-corrected chi connectivity index (χ2v) is 7.92. The summed E-state index contributed by atoms with van der Waals surface area (Å²) in [7, 11) is 1.34. The van der Waals surface area contributed by atoms with Crippen LogP contribution in [-0.2, 0) is 27.0 Å². The van der Waals surface area contributed by atoms with Crippen LogP contribution in [0.1, 0.15) is 5.56 Å². The summed E-state index contributed by atoms with van der Waals surface area (Å²) in [6.45, 7) is 0. The minimum Gasteiger partial charge on any atom is -0.467 e. The monoisotopic (exact) mass is 431 g/mol. The highest BCUT2D eigenvalue weighted by Gasteiger charge is 2.22. The van der Waals surface area contributed by atoms with Crippen LogP contribution in [0.4, 0.5) is 10.8 Å². The van der Waals surface area contributed by atoms with Crippen molar-refractivity contribution in [1.82, 2.24) is 4.98 Å². The van der Waals surface area contributed by atoms with Crippen molar-refractivity contribution in [2.45, 2.75) is 12.5 Å². The molecule has 0 saturated carbocycles. The zero-order chi connectivity index (χ0) is 20.6. The average molecular weight is 432 g/mol. The fourth-order valence-electron chi connectivity index (χ4n) is 2.80. The maximum atomic E-state index is 12.4. The van der Waals surface area contributed by atoms with Crippen LogP contribution in [0.2, 0.25) is 0 Å². The Labute approximate surface area is 175 Å². The molecule has 0 bridgehead atoms. The Morgan fingerprint density at radius 3 is 2.66 bits per heavy atom. The van der Waals surface area contributed by atoms with Gasteiger partial charge in [0.15, 0.2) is 16.2 Å². The van der Waals surface area contributed by atoms with Crippen molar-refractivity contribution >= 4 is 39.2 Å². The van der Waals surface area contributed by atoms with Crippen molar-refractivity contribution in [1.29, 1.82) is 0 Å². The van der Waals surface area contributed by atoms with Crippen LogP contribution in [-0.4, -0.2) is 38.7 Å². The molecule has 0 aliphatic rings. The molecule has 29 heavy (non-hydrogen) atoms. The van der Waals surface area contributed by atoms with Gasteiger partial charge in [-0.1, -0.05) is 48.5 Å². The van der Waals surface area contributed by atoms with Crippen molar-refractivity contribution in [3.8, 4) is 11.3 Å². The second kappa shape index (κ2) is 10.1. The molecule has 0 radical (unpaired) electrons. The molecular formula is C20H21N3O4S2. The Morgan fingerprint density at radius 2 is 1.93 bits per heavy atom. The number of benzene rings is 2. The van der Waals surface area contributed by atoms with Gasteiger partial charge in [-0.05, 0) is 11.6 Å². The number of carbonyl (C=O) groups is 1. The van der Waals surface area contributed by atoms with Crippen molar-refractivity contribution in [2.75, 3.05) is 23.6 Å². The van der Waals surface area contributed by atoms with E-state index in [0.717, 1.165) is 16.8 Å². The third kappa shape index (κ3) is 5.86. The molecule has 1 heterocycles. The van der Waals surface area contributed by atoms with Crippen LogP contribution in [0.25, 0.3) is 11.3 Å². The van der Waals surface area contributed by atoms with Gasteiger partial charge in [-0.25, -0.2) is 14.0 Å². The molecule has 3 rings (SSSR count). The summed E-state index contributed by atoms with van der Waals surface area (Å²) >= 11 is -0.560. The zero-order valence-corrected chi connectivity index (χ0v) is 17.3. The van der Waals surface area contributed by atoms with Gasteiger partial charge < -0.3 is 19.9 Å². The number of hydrogen-bond donors (Lipinski definition) is 3. The number of hydrogen-bond acceptors (Lipinski definition) is 7. The largest absolute Gasteiger partial charge is 0.467 e. The number of esters is 1. The van der Waals surface area contributed by atoms with E-state index in [1.807, 2.05) is 53.9 Å². The van der Waals surface area contributed by atoms with E-state index in [4.69, 9.17) is 9.29 Å². The van der Waals surface area contributed by atoms with E-state index in [1.54, 1.807) is 6.07 Å². The average Bonchev–Trinajstić information content (AvgIpc) is 3.21. The fraction of sp³-hybridized carbons (Fsp3) is 0.200. The highest BCUT2D eigenvalue weighted by atomic mass is 32.2. The van der Waals surface area contributed by atoms with E-state index in [2.05, 4.69) is 15.6 Å². The summed E-state index contributed by atoms with van der Waals surface area (Å²) in [4.78, 5) is 16.9. The number of thiazole rings is 1. The van der Waals surface area contributed by atoms with Crippen LogP contribution in [0, 0.1) is 0 Å². The maximum absolute atomic E-state index is 12.4. The van der Waals surface area contributed by atoms with Crippen LogP contribution in [0.3, 0.4) is 0 Å². The number of anilines is 2. The lowest BCUT2D eigenvalue weighted by molar-refractivity contribution is -0.141. The Morgan fingerprint density at radius 1 is 1.21 bits per heavy atom. The summed E-state index contributed by atoms with van der Waals surface area (Å²) in [6, 6.07) is 16.5. The van der Waals surface area contributed by atoms with Crippen LogP contribution in [0.5, 0.6) is 0 Å². The summed E-state index contributed by atoms with van der Waals surface area (Å²) < 4.78 is 24.9. The normalized spacial score (nSPS) is 12.8. The summed E-state index contributed by atoms with van der Waals surface area (Å²) in [5.41, 5.74) is 3.34. The lowest BCUT2D eigenvalue weighted by atomic mass is 10.0. The second-order valence-electron chi connectivity index (χ2n) is 6.13. The molecule has 0 fully saturated rings. The van der Waals surface area contributed by atoms with E-state index < -0.39 is 23.1 Å². The Bertz CT molecular complexity index is 979. The minimum absolute atomic E-state index is 0.0970. The first-order valence-corrected chi connectivity index (χ1v) is 11.0. The zero-order valence-electron chi connectivity index (χ0n) is 15.7. The van der Waals surface area contributed by atoms with Crippen LogP contribution >= 0.6 is 11.3 Å². The third-order valence-corrected chi connectivity index (χ3v) is 5.35. The van der Waals surface area contributed by atoms with Crippen molar-refractivity contribution in [2.24, 2.45) is 0 Å². The van der Waals surface area contributed by atoms with Gasteiger partial charge in [-0.15, -0.1) is 11.3 Å². The summed E-state index contributed by atoms with van der Waals surface area (Å²) in [5.74, 6) is -0.512. The van der Waals surface area contributed by atoms with E-state index in [0.29, 0.717) is 17.2 Å². The molecule has 2 atom stereocenters. The highest BCUT2D eigenvalue weighted by molar-refractivity contribution is 7.79. The van der Waals surface area contributed by atoms with Crippen molar-refractivity contribution in [3.63, 3.8) is 0 Å². The maximum Gasteiger partial charge on any atom is 0.328 e. The van der Waals surface area contributed by atoms with Gasteiger partial charge in [0.2, 0.25) is 0 Å². The van der Waals surface area contributed by atoms with E-state index in [-0.39, 0.29) is 5.88 Å². The van der Waals surface area contributed by atoms with E-state index in [1.165, 1.54) is 18.4 Å². The minimum atomic E-state index is -1.97. The molecule has 3 aromatic rings. The molecule has 0 saturated heterocycles. The molecule has 0 aliphatic heterocycles. The number of carbonyl (C=O) groups excluding carboxylic acids is 1. The molecule has 9 heteroatoms. The molecule has 0 spiro atoms.